The summed E-state index contributed by atoms with van der Waals surface area (Å²) < 4.78 is 64.9. The van der Waals surface area contributed by atoms with Gasteiger partial charge in [0, 0.05) is 37.0 Å². The van der Waals surface area contributed by atoms with Gasteiger partial charge >= 0.3 is 0 Å². The van der Waals surface area contributed by atoms with E-state index in [-0.39, 0.29) is 55.8 Å². The second-order valence-electron chi connectivity index (χ2n) is 10.7. The molecule has 50 heavy (non-hydrogen) atoms. The minimum atomic E-state index is -4.54. The minimum absolute atomic E-state index is 0.0204. The lowest BCUT2D eigenvalue weighted by molar-refractivity contribution is -0.114. The molecule has 0 bridgehead atoms. The third-order valence-corrected chi connectivity index (χ3v) is 9.64. The van der Waals surface area contributed by atoms with Crippen LogP contribution in [-0.4, -0.2) is 66.4 Å². The smallest absolute Gasteiger partial charge is 0.294 e. The molecule has 0 radical (unpaired) electrons. The average Bonchev–Trinajstić information content (AvgIpc) is 3.29. The molecule has 4 aromatic rings. The van der Waals surface area contributed by atoms with Crippen LogP contribution in [0.15, 0.2) is 69.7 Å². The fourth-order valence-electron chi connectivity index (χ4n) is 4.69. The summed E-state index contributed by atoms with van der Waals surface area (Å²) in [4.78, 5) is 26.3. The van der Waals surface area contributed by atoms with E-state index in [0.29, 0.717) is 30.2 Å². The van der Waals surface area contributed by atoms with E-state index in [1.807, 2.05) is 11.8 Å². The molecule has 0 saturated carbocycles. The Morgan fingerprint density at radius 1 is 0.960 bits per heavy atom. The largest absolute Gasteiger partial charge is 0.372 e. The maximum absolute atomic E-state index is 12.8. The number of nitrogens with one attached hydrogen (secondary N) is 2. The van der Waals surface area contributed by atoms with Gasteiger partial charge in [-0.2, -0.15) is 21.9 Å². The molecular formula is C30H30Cl3N7O8S2. The zero-order chi connectivity index (χ0) is 37.0. The number of halogens is 3. The number of amides is 2. The zero-order valence-corrected chi connectivity index (χ0v) is 30.5. The van der Waals surface area contributed by atoms with E-state index in [4.69, 9.17) is 39.4 Å². The molecule has 0 fully saturated rings. The first kappa shape index (κ1) is 38.7. The molecule has 0 unspecified atom stereocenters. The summed E-state index contributed by atoms with van der Waals surface area (Å²) >= 11 is 19.8. The molecule has 4 N–H and O–H groups in total. The van der Waals surface area contributed by atoms with Crippen molar-refractivity contribution < 1.29 is 35.5 Å². The standard InChI is InChI=1S/C30H30Cl3N7O8S2/c1-4-39(11-6-12-49(43,44)45)21-9-10-25(26(16-21)34-18(3)41)36-37-29-27(33)17(2)38-40(29)28-23(31)14-20(15-24(28)32)35-30(42)19-7-5-8-22(13-19)50(46,47)48/h5,7-10,13-16H,4,6,11-12H2,1-3H3,(H,34,41)(H,35,42)(H,43,44,45)(H,46,47,48)/b37-36+. The number of aromatic nitrogens is 2. The molecule has 4 rings (SSSR count). The Morgan fingerprint density at radius 2 is 1.64 bits per heavy atom. The van der Waals surface area contributed by atoms with Crippen molar-refractivity contribution in [2.45, 2.75) is 32.1 Å². The summed E-state index contributed by atoms with van der Waals surface area (Å²) in [5.74, 6) is -1.46. The van der Waals surface area contributed by atoms with Gasteiger partial charge in [-0.3, -0.25) is 18.7 Å². The SMILES string of the molecule is CCN(CCCS(=O)(=O)O)c1ccc(/N=N/c2c(Cl)c(C)nn2-c2c(Cl)cc(NC(=O)c3cccc(S(=O)(=O)O)c3)cc2Cl)c(NC(C)=O)c1. The van der Waals surface area contributed by atoms with Crippen LogP contribution in [-0.2, 0) is 25.0 Å². The Hall–Kier alpha value is -4.10. The number of nitrogens with zero attached hydrogens (tertiary/aromatic N) is 5. The Morgan fingerprint density at radius 3 is 2.24 bits per heavy atom. The molecule has 0 atom stereocenters. The van der Waals surface area contributed by atoms with Crippen LogP contribution in [0, 0.1) is 6.92 Å². The normalized spacial score (nSPS) is 11.9. The second-order valence-corrected chi connectivity index (χ2v) is 14.9. The van der Waals surface area contributed by atoms with Gasteiger partial charge in [0.1, 0.15) is 16.4 Å². The van der Waals surface area contributed by atoms with E-state index in [1.165, 1.54) is 35.9 Å². The number of aryl methyl sites for hydroxylation is 1. The van der Waals surface area contributed by atoms with E-state index in [9.17, 15) is 31.0 Å². The predicted molar refractivity (Wildman–Crippen MR) is 191 cm³/mol. The van der Waals surface area contributed by atoms with Gasteiger partial charge in [-0.1, -0.05) is 40.9 Å². The molecular weight excluding hydrogens is 757 g/mol. The lowest BCUT2D eigenvalue weighted by atomic mass is 10.2. The third-order valence-electron chi connectivity index (χ3n) is 6.97. The highest BCUT2D eigenvalue weighted by atomic mass is 35.5. The van der Waals surface area contributed by atoms with Crippen molar-refractivity contribution in [2.24, 2.45) is 10.2 Å². The quantitative estimate of drug-likeness (QED) is 0.0796. The van der Waals surface area contributed by atoms with Crippen LogP contribution in [0.4, 0.5) is 28.6 Å². The van der Waals surface area contributed by atoms with Crippen molar-refractivity contribution in [2.75, 3.05) is 34.4 Å². The van der Waals surface area contributed by atoms with Crippen molar-refractivity contribution in [3.8, 4) is 5.69 Å². The van der Waals surface area contributed by atoms with Gasteiger partial charge in [0.15, 0.2) is 5.82 Å². The van der Waals surface area contributed by atoms with Crippen LogP contribution in [0.1, 0.15) is 36.3 Å². The van der Waals surface area contributed by atoms with E-state index < -0.39 is 36.8 Å². The number of azo groups is 1. The van der Waals surface area contributed by atoms with Crippen molar-refractivity contribution in [3.63, 3.8) is 0 Å². The molecule has 0 aliphatic rings. The van der Waals surface area contributed by atoms with Crippen LogP contribution in [0.5, 0.6) is 0 Å². The highest BCUT2D eigenvalue weighted by Crippen LogP contribution is 2.40. The monoisotopic (exact) mass is 785 g/mol. The zero-order valence-electron chi connectivity index (χ0n) is 26.6. The van der Waals surface area contributed by atoms with E-state index in [2.05, 4.69) is 26.0 Å². The van der Waals surface area contributed by atoms with Crippen LogP contribution in [0.3, 0.4) is 0 Å². The summed E-state index contributed by atoms with van der Waals surface area (Å²) in [5, 5.41) is 18.5. The Kier molecular flexibility index (Phi) is 12.3. The number of anilines is 3. The summed E-state index contributed by atoms with van der Waals surface area (Å²) in [6.45, 7) is 5.63. The molecule has 15 nitrogen and oxygen atoms in total. The van der Waals surface area contributed by atoms with Gasteiger partial charge in [-0.25, -0.2) is 4.68 Å². The summed E-state index contributed by atoms with van der Waals surface area (Å²) in [7, 11) is -8.65. The number of rotatable bonds is 13. The molecule has 1 heterocycles. The lowest BCUT2D eigenvalue weighted by Gasteiger charge is -2.24. The van der Waals surface area contributed by atoms with Crippen LogP contribution < -0.4 is 15.5 Å². The van der Waals surface area contributed by atoms with E-state index >= 15 is 0 Å². The number of carbonyl (C=O) groups is 2. The summed E-state index contributed by atoms with van der Waals surface area (Å²) in [6, 6.07) is 12.5. The van der Waals surface area contributed by atoms with Crippen molar-refractivity contribution >= 4 is 95.4 Å². The number of hydrogen-bond donors (Lipinski definition) is 4. The number of carbonyl (C=O) groups excluding carboxylic acids is 2. The first-order valence-corrected chi connectivity index (χ1v) is 18.7. The van der Waals surface area contributed by atoms with E-state index in [0.717, 1.165) is 12.1 Å². The first-order chi connectivity index (χ1) is 23.4. The Bertz CT molecular complexity index is 2190. The highest BCUT2D eigenvalue weighted by Gasteiger charge is 2.22. The van der Waals surface area contributed by atoms with Crippen molar-refractivity contribution in [1.29, 1.82) is 0 Å². The van der Waals surface area contributed by atoms with Gasteiger partial charge in [0.25, 0.3) is 26.1 Å². The van der Waals surface area contributed by atoms with Gasteiger partial charge in [-0.05, 0) is 68.8 Å². The van der Waals surface area contributed by atoms with Crippen LogP contribution in [0.2, 0.25) is 15.1 Å². The molecule has 3 aromatic carbocycles. The van der Waals surface area contributed by atoms with Gasteiger partial charge in [0.2, 0.25) is 5.91 Å². The van der Waals surface area contributed by atoms with Gasteiger partial charge in [-0.15, -0.1) is 10.2 Å². The predicted octanol–water partition coefficient (Wildman–Crippen LogP) is 7.12. The molecule has 266 valence electrons. The molecule has 2 amide bonds. The highest BCUT2D eigenvalue weighted by molar-refractivity contribution is 7.86. The Labute approximate surface area is 302 Å². The van der Waals surface area contributed by atoms with Crippen LogP contribution in [0.25, 0.3) is 5.69 Å². The summed E-state index contributed by atoms with van der Waals surface area (Å²) in [6.07, 6.45) is 0.175. The molecule has 0 aliphatic carbocycles. The fourth-order valence-corrected chi connectivity index (χ4v) is 6.51. The lowest BCUT2D eigenvalue weighted by Crippen LogP contribution is -2.25. The Balaban J connectivity index is 1.66. The molecule has 0 spiro atoms. The fraction of sp³-hybridized carbons (Fsp3) is 0.233. The van der Waals surface area contributed by atoms with Crippen LogP contribution >= 0.6 is 34.8 Å². The average molecular weight is 787 g/mol. The first-order valence-electron chi connectivity index (χ1n) is 14.5. The number of benzene rings is 3. The molecule has 0 saturated heterocycles. The maximum atomic E-state index is 12.8. The second kappa shape index (κ2) is 15.8. The third kappa shape index (κ3) is 9.78. The van der Waals surface area contributed by atoms with Gasteiger partial charge in [0.05, 0.1) is 32.1 Å². The van der Waals surface area contributed by atoms with Crippen molar-refractivity contribution in [3.05, 3.63) is 80.9 Å². The molecule has 0 aliphatic heterocycles. The maximum Gasteiger partial charge on any atom is 0.294 e. The number of hydrogen-bond acceptors (Lipinski definition) is 10. The minimum Gasteiger partial charge on any atom is -0.372 e. The van der Waals surface area contributed by atoms with Gasteiger partial charge < -0.3 is 15.5 Å². The van der Waals surface area contributed by atoms with Crippen molar-refractivity contribution in [1.82, 2.24) is 9.78 Å². The van der Waals surface area contributed by atoms with E-state index in [1.54, 1.807) is 25.1 Å². The summed E-state index contributed by atoms with van der Waals surface area (Å²) in [5.41, 5.74) is 1.79. The topological polar surface area (TPSA) is 213 Å². The molecule has 20 heteroatoms. The molecule has 1 aromatic heterocycles.